The summed E-state index contributed by atoms with van der Waals surface area (Å²) in [7, 11) is 0. The molecule has 0 aliphatic heterocycles. The van der Waals surface area contributed by atoms with Crippen molar-refractivity contribution in [3.05, 3.63) is 88.4 Å². The first-order chi connectivity index (χ1) is 12.1. The molecule has 0 aliphatic rings. The van der Waals surface area contributed by atoms with E-state index in [2.05, 4.69) is 21.2 Å². The Labute approximate surface area is 153 Å². The van der Waals surface area contributed by atoms with Gasteiger partial charge in [0.05, 0.1) is 11.7 Å². The second kappa shape index (κ2) is 7.32. The van der Waals surface area contributed by atoms with Crippen LogP contribution in [0.15, 0.2) is 77.3 Å². The number of hydrogen-bond donors (Lipinski definition) is 1. The molecule has 1 N–H and O–H groups in total. The third kappa shape index (κ3) is 3.61. The lowest BCUT2D eigenvalue weighted by Crippen LogP contribution is -2.23. The molecular weight excluding hydrogens is 382 g/mol. The quantitative estimate of drug-likeness (QED) is 0.732. The van der Waals surface area contributed by atoms with Crippen LogP contribution in [-0.4, -0.2) is 11.9 Å². The molecule has 0 aromatic heterocycles. The fourth-order valence-corrected chi connectivity index (χ4v) is 2.95. The molecule has 0 saturated heterocycles. The number of benzene rings is 3. The van der Waals surface area contributed by atoms with Crippen molar-refractivity contribution in [3.8, 4) is 11.1 Å². The summed E-state index contributed by atoms with van der Waals surface area (Å²) in [6.45, 7) is 0. The smallest absolute Gasteiger partial charge is 0.256 e. The molecule has 0 bridgehead atoms. The van der Waals surface area contributed by atoms with Crippen molar-refractivity contribution in [3.63, 3.8) is 0 Å². The van der Waals surface area contributed by atoms with Gasteiger partial charge in [-0.3, -0.25) is 4.79 Å². The van der Waals surface area contributed by atoms with Gasteiger partial charge >= 0.3 is 0 Å². The number of carboxylic acids is 1. The SMILES string of the molecule is O=C([O-])c1ccccc1-c1ccccc1C(=O)Nc1ccccc1Br. The lowest BCUT2D eigenvalue weighted by molar-refractivity contribution is -0.254. The first-order valence-corrected chi connectivity index (χ1v) is 8.33. The highest BCUT2D eigenvalue weighted by molar-refractivity contribution is 9.10. The summed E-state index contributed by atoms with van der Waals surface area (Å²) in [4.78, 5) is 24.1. The molecular formula is C20H13BrNO3-. The molecule has 3 aromatic carbocycles. The highest BCUT2D eigenvalue weighted by atomic mass is 79.9. The number of carboxylic acid groups (broad SMARTS) is 1. The number of carbonyl (C=O) groups excluding carboxylic acids is 2. The van der Waals surface area contributed by atoms with Crippen LogP contribution in [0, 0.1) is 0 Å². The third-order valence-corrected chi connectivity index (χ3v) is 4.42. The van der Waals surface area contributed by atoms with Gasteiger partial charge < -0.3 is 15.2 Å². The standard InChI is InChI=1S/C20H14BrNO3/c21-17-11-5-6-12-18(17)22-19(23)15-9-3-1-7-13(15)14-8-2-4-10-16(14)20(24)25/h1-12H,(H,22,23)(H,24,25)/p-1. The monoisotopic (exact) mass is 394 g/mol. The van der Waals surface area contributed by atoms with Crippen molar-refractivity contribution in [2.24, 2.45) is 0 Å². The number of halogens is 1. The van der Waals surface area contributed by atoms with Crippen LogP contribution >= 0.6 is 15.9 Å². The van der Waals surface area contributed by atoms with E-state index in [0.29, 0.717) is 22.4 Å². The predicted octanol–water partition coefficient (Wildman–Crippen LogP) is 3.73. The highest BCUT2D eigenvalue weighted by Crippen LogP contribution is 2.28. The normalized spacial score (nSPS) is 10.3. The van der Waals surface area contributed by atoms with Crippen LogP contribution in [0.2, 0.25) is 0 Å². The predicted molar refractivity (Wildman–Crippen MR) is 98.3 cm³/mol. The molecule has 0 unspecified atom stereocenters. The van der Waals surface area contributed by atoms with E-state index in [4.69, 9.17) is 0 Å². The Balaban J connectivity index is 2.04. The van der Waals surface area contributed by atoms with E-state index in [0.717, 1.165) is 4.47 Å². The molecule has 0 heterocycles. The fourth-order valence-electron chi connectivity index (χ4n) is 2.56. The van der Waals surface area contributed by atoms with Crippen molar-refractivity contribution < 1.29 is 14.7 Å². The second-order valence-electron chi connectivity index (χ2n) is 5.31. The summed E-state index contributed by atoms with van der Waals surface area (Å²) < 4.78 is 0.760. The van der Waals surface area contributed by atoms with Gasteiger partial charge in [0.15, 0.2) is 0 Å². The third-order valence-electron chi connectivity index (χ3n) is 3.73. The molecule has 0 fully saturated rings. The van der Waals surface area contributed by atoms with E-state index in [1.165, 1.54) is 6.07 Å². The average Bonchev–Trinajstić information content (AvgIpc) is 2.63. The Morgan fingerprint density at radius 2 is 1.28 bits per heavy atom. The molecule has 124 valence electrons. The molecule has 0 atom stereocenters. The van der Waals surface area contributed by atoms with Crippen LogP contribution in [0.3, 0.4) is 0 Å². The summed E-state index contributed by atoms with van der Waals surface area (Å²) in [6, 6.07) is 20.6. The van der Waals surface area contributed by atoms with Gasteiger partial charge in [-0.2, -0.15) is 0 Å². The molecule has 0 saturated carbocycles. The average molecular weight is 395 g/mol. The zero-order valence-corrected chi connectivity index (χ0v) is 14.6. The number of para-hydroxylation sites is 1. The first kappa shape index (κ1) is 16.9. The number of hydrogen-bond acceptors (Lipinski definition) is 3. The van der Waals surface area contributed by atoms with Gasteiger partial charge in [0.2, 0.25) is 0 Å². The highest BCUT2D eigenvalue weighted by Gasteiger charge is 2.15. The Morgan fingerprint density at radius 1 is 0.760 bits per heavy atom. The molecule has 25 heavy (non-hydrogen) atoms. The minimum absolute atomic E-state index is 0.0450. The topological polar surface area (TPSA) is 69.2 Å². The Kier molecular flexibility index (Phi) is 4.95. The van der Waals surface area contributed by atoms with Crippen molar-refractivity contribution in [1.82, 2.24) is 0 Å². The van der Waals surface area contributed by atoms with Crippen LogP contribution < -0.4 is 10.4 Å². The van der Waals surface area contributed by atoms with Gasteiger partial charge in [-0.1, -0.05) is 54.6 Å². The maximum atomic E-state index is 12.7. The van der Waals surface area contributed by atoms with E-state index < -0.39 is 5.97 Å². The van der Waals surface area contributed by atoms with Crippen LogP contribution in [-0.2, 0) is 0 Å². The number of aromatic carboxylic acids is 1. The fraction of sp³-hybridized carbons (Fsp3) is 0. The lowest BCUT2D eigenvalue weighted by atomic mass is 9.95. The van der Waals surface area contributed by atoms with E-state index >= 15 is 0 Å². The maximum absolute atomic E-state index is 12.7. The van der Waals surface area contributed by atoms with Gasteiger partial charge in [-0.15, -0.1) is 0 Å². The Morgan fingerprint density at radius 3 is 1.92 bits per heavy atom. The Bertz CT molecular complexity index is 953. The van der Waals surface area contributed by atoms with Gasteiger partial charge in [-0.25, -0.2) is 0 Å². The van der Waals surface area contributed by atoms with Crippen LogP contribution in [0.4, 0.5) is 5.69 Å². The molecule has 4 nitrogen and oxygen atoms in total. The van der Waals surface area contributed by atoms with Crippen molar-refractivity contribution in [2.75, 3.05) is 5.32 Å². The maximum Gasteiger partial charge on any atom is 0.256 e. The summed E-state index contributed by atoms with van der Waals surface area (Å²) in [5.74, 6) is -1.60. The van der Waals surface area contributed by atoms with E-state index in [9.17, 15) is 14.7 Å². The van der Waals surface area contributed by atoms with E-state index in [-0.39, 0.29) is 11.5 Å². The second-order valence-corrected chi connectivity index (χ2v) is 6.17. The Hall–Kier alpha value is -2.92. The molecule has 3 aromatic rings. The minimum Gasteiger partial charge on any atom is -0.545 e. The molecule has 0 spiro atoms. The largest absolute Gasteiger partial charge is 0.545 e. The van der Waals surface area contributed by atoms with Crippen molar-refractivity contribution in [1.29, 1.82) is 0 Å². The molecule has 0 aliphatic carbocycles. The summed E-state index contributed by atoms with van der Waals surface area (Å²) in [5.41, 5.74) is 2.04. The van der Waals surface area contributed by atoms with Gasteiger partial charge in [0, 0.05) is 15.6 Å². The zero-order valence-electron chi connectivity index (χ0n) is 13.0. The minimum atomic E-state index is -1.28. The van der Waals surface area contributed by atoms with Gasteiger partial charge in [-0.05, 0) is 45.3 Å². The van der Waals surface area contributed by atoms with Crippen LogP contribution in [0.1, 0.15) is 20.7 Å². The van der Waals surface area contributed by atoms with Gasteiger partial charge in [0.1, 0.15) is 0 Å². The summed E-state index contributed by atoms with van der Waals surface area (Å²) in [6.07, 6.45) is 0. The number of carbonyl (C=O) groups is 2. The number of nitrogens with one attached hydrogen (secondary N) is 1. The van der Waals surface area contributed by atoms with Crippen molar-refractivity contribution in [2.45, 2.75) is 0 Å². The number of amides is 1. The van der Waals surface area contributed by atoms with E-state index in [1.807, 2.05) is 18.2 Å². The van der Waals surface area contributed by atoms with E-state index in [1.54, 1.807) is 48.5 Å². The summed E-state index contributed by atoms with van der Waals surface area (Å²) in [5, 5.41) is 14.2. The van der Waals surface area contributed by atoms with Gasteiger partial charge in [0.25, 0.3) is 5.91 Å². The molecule has 1 amide bonds. The summed E-state index contributed by atoms with van der Waals surface area (Å²) >= 11 is 3.39. The van der Waals surface area contributed by atoms with Crippen LogP contribution in [0.5, 0.6) is 0 Å². The van der Waals surface area contributed by atoms with Crippen molar-refractivity contribution >= 4 is 33.5 Å². The number of rotatable bonds is 4. The first-order valence-electron chi connectivity index (χ1n) is 7.53. The molecule has 0 radical (unpaired) electrons. The number of anilines is 1. The molecule has 5 heteroatoms. The molecule has 3 rings (SSSR count). The lowest BCUT2D eigenvalue weighted by Gasteiger charge is -2.15. The zero-order chi connectivity index (χ0) is 17.8. The van der Waals surface area contributed by atoms with Crippen LogP contribution in [0.25, 0.3) is 11.1 Å².